The molecule has 0 unspecified atom stereocenters. The number of nitrogens with zero attached hydrogens (tertiary/aromatic N) is 1. The van der Waals surface area contributed by atoms with Gasteiger partial charge in [0.15, 0.2) is 0 Å². The predicted molar refractivity (Wildman–Crippen MR) is 126 cm³/mol. The van der Waals surface area contributed by atoms with E-state index in [0.29, 0.717) is 0 Å². The Balaban J connectivity index is 1.86. The van der Waals surface area contributed by atoms with E-state index < -0.39 is 0 Å². The van der Waals surface area contributed by atoms with E-state index in [1.807, 2.05) is 24.3 Å². The average molecular weight is 494 g/mol. The first kappa shape index (κ1) is 16.5. The van der Waals surface area contributed by atoms with Crippen LogP contribution in [0.1, 0.15) is 0 Å². The molecule has 0 fully saturated rings. The summed E-state index contributed by atoms with van der Waals surface area (Å²) in [6.45, 7) is 0. The number of hydrogen-bond donors (Lipinski definition) is 0. The minimum absolute atomic E-state index is 0.744. The molecule has 6 aromatic rings. The summed E-state index contributed by atoms with van der Waals surface area (Å²) in [5.41, 5.74) is 5.27. The first-order chi connectivity index (χ1) is 13.7. The quantitative estimate of drug-likeness (QED) is 0.213. The second-order valence-corrected chi connectivity index (χ2v) is 8.48. The van der Waals surface area contributed by atoms with Crippen LogP contribution in [-0.4, -0.2) is 4.57 Å². The number of halogens is 2. The number of furan rings is 1. The van der Waals surface area contributed by atoms with Crippen LogP contribution in [0.3, 0.4) is 0 Å². The van der Waals surface area contributed by atoms with E-state index in [4.69, 9.17) is 16.0 Å². The van der Waals surface area contributed by atoms with Crippen LogP contribution in [0, 0.1) is 3.57 Å². The number of benzene rings is 4. The van der Waals surface area contributed by atoms with Gasteiger partial charge in [-0.25, -0.2) is 0 Å². The zero-order valence-corrected chi connectivity index (χ0v) is 17.5. The average Bonchev–Trinajstić information content (AvgIpc) is 3.24. The molecule has 0 bridgehead atoms. The van der Waals surface area contributed by atoms with Crippen LogP contribution in [0.5, 0.6) is 0 Å². The van der Waals surface area contributed by atoms with Gasteiger partial charge >= 0.3 is 0 Å². The van der Waals surface area contributed by atoms with E-state index in [1.165, 1.54) is 5.39 Å². The molecule has 6 rings (SSSR count). The minimum atomic E-state index is 0.744. The van der Waals surface area contributed by atoms with Gasteiger partial charge in [0.2, 0.25) is 0 Å². The Kier molecular flexibility index (Phi) is 3.52. The highest BCUT2D eigenvalue weighted by Gasteiger charge is 2.19. The van der Waals surface area contributed by atoms with E-state index >= 15 is 0 Å². The molecule has 0 N–H and O–H groups in total. The summed E-state index contributed by atoms with van der Waals surface area (Å²) in [7, 11) is 0. The van der Waals surface area contributed by atoms with Crippen molar-refractivity contribution in [3.8, 4) is 5.69 Å². The summed E-state index contributed by atoms with van der Waals surface area (Å²) in [4.78, 5) is 0. The maximum atomic E-state index is 6.34. The number of rotatable bonds is 1. The molecule has 2 heterocycles. The fourth-order valence-electron chi connectivity index (χ4n) is 4.16. The molecule has 2 aromatic heterocycles. The van der Waals surface area contributed by atoms with Crippen LogP contribution in [0.25, 0.3) is 49.4 Å². The van der Waals surface area contributed by atoms with Gasteiger partial charge in [-0.3, -0.25) is 0 Å². The summed E-state index contributed by atoms with van der Waals surface area (Å²) >= 11 is 8.56. The van der Waals surface area contributed by atoms with Gasteiger partial charge in [-0.15, -0.1) is 0 Å². The second kappa shape index (κ2) is 6.00. The third-order valence-corrected chi connectivity index (χ3v) is 6.43. The van der Waals surface area contributed by atoms with Crippen LogP contribution >= 0.6 is 34.2 Å². The molecule has 134 valence electrons. The molecule has 28 heavy (non-hydrogen) atoms. The van der Waals surface area contributed by atoms with Crippen molar-refractivity contribution in [1.82, 2.24) is 4.57 Å². The van der Waals surface area contributed by atoms with Crippen molar-refractivity contribution in [1.29, 1.82) is 0 Å². The first-order valence-corrected chi connectivity index (χ1v) is 10.5. The molecule has 0 aliphatic rings. The van der Waals surface area contributed by atoms with Gasteiger partial charge in [0.1, 0.15) is 11.2 Å². The van der Waals surface area contributed by atoms with Gasteiger partial charge < -0.3 is 8.98 Å². The van der Waals surface area contributed by atoms with Crippen molar-refractivity contribution in [2.24, 2.45) is 0 Å². The molecule has 0 amide bonds. The molecule has 0 saturated heterocycles. The van der Waals surface area contributed by atoms with Gasteiger partial charge in [-0.1, -0.05) is 48.0 Å². The molecule has 2 nitrogen and oxygen atoms in total. The number of hydrogen-bond acceptors (Lipinski definition) is 1. The highest BCUT2D eigenvalue weighted by molar-refractivity contribution is 14.1. The minimum Gasteiger partial charge on any atom is -0.455 e. The Morgan fingerprint density at radius 2 is 1.54 bits per heavy atom. The third kappa shape index (κ3) is 2.20. The SMILES string of the molecule is Clc1ccc(-n2c3ccccc3c3c4oc5ccccc5c4ccc32)c(I)c1. The van der Waals surface area contributed by atoms with Gasteiger partial charge in [0.05, 0.1) is 22.1 Å². The normalized spacial score (nSPS) is 11.9. The summed E-state index contributed by atoms with van der Waals surface area (Å²) in [6, 6.07) is 27.1. The largest absolute Gasteiger partial charge is 0.455 e. The van der Waals surface area contributed by atoms with Crippen LogP contribution in [-0.2, 0) is 0 Å². The molecular weight excluding hydrogens is 481 g/mol. The molecule has 0 aliphatic heterocycles. The standard InChI is InChI=1S/C24H13ClINO/c25-14-9-11-20(18(26)13-14)27-19-7-3-1-6-17(19)23-21(27)12-10-16-15-5-2-4-8-22(15)28-24(16)23/h1-13H. The Morgan fingerprint density at radius 3 is 2.39 bits per heavy atom. The van der Waals surface area contributed by atoms with Crippen molar-refractivity contribution in [3.63, 3.8) is 0 Å². The van der Waals surface area contributed by atoms with Crippen molar-refractivity contribution in [3.05, 3.63) is 87.5 Å². The van der Waals surface area contributed by atoms with Gasteiger partial charge in [-0.2, -0.15) is 0 Å². The van der Waals surface area contributed by atoms with E-state index in [0.717, 1.165) is 52.6 Å². The van der Waals surface area contributed by atoms with E-state index in [9.17, 15) is 0 Å². The molecular formula is C24H13ClINO. The lowest BCUT2D eigenvalue weighted by molar-refractivity contribution is 0.673. The van der Waals surface area contributed by atoms with Crippen LogP contribution < -0.4 is 0 Å². The zero-order valence-electron chi connectivity index (χ0n) is 14.6. The highest BCUT2D eigenvalue weighted by atomic mass is 127. The second-order valence-electron chi connectivity index (χ2n) is 6.88. The molecule has 4 aromatic carbocycles. The molecule has 4 heteroatoms. The maximum Gasteiger partial charge on any atom is 0.145 e. The summed E-state index contributed by atoms with van der Waals surface area (Å²) in [5.74, 6) is 0. The molecule has 0 spiro atoms. The Hall–Kier alpha value is -2.50. The monoisotopic (exact) mass is 493 g/mol. The van der Waals surface area contributed by atoms with Crippen LogP contribution in [0.4, 0.5) is 0 Å². The van der Waals surface area contributed by atoms with Crippen molar-refractivity contribution < 1.29 is 4.42 Å². The highest BCUT2D eigenvalue weighted by Crippen LogP contribution is 2.41. The number of para-hydroxylation sites is 2. The van der Waals surface area contributed by atoms with Crippen molar-refractivity contribution in [2.75, 3.05) is 0 Å². The van der Waals surface area contributed by atoms with Gasteiger partial charge in [0, 0.05) is 24.8 Å². The van der Waals surface area contributed by atoms with Gasteiger partial charge in [-0.05, 0) is 65.1 Å². The summed E-state index contributed by atoms with van der Waals surface area (Å²) < 4.78 is 9.75. The van der Waals surface area contributed by atoms with E-state index in [2.05, 4.69) is 81.8 Å². The van der Waals surface area contributed by atoms with E-state index in [-0.39, 0.29) is 0 Å². The summed E-state index contributed by atoms with van der Waals surface area (Å²) in [6.07, 6.45) is 0. The maximum absolute atomic E-state index is 6.34. The third-order valence-electron chi connectivity index (χ3n) is 5.33. The van der Waals surface area contributed by atoms with E-state index in [1.54, 1.807) is 0 Å². The fraction of sp³-hybridized carbons (Fsp3) is 0. The predicted octanol–water partition coefficient (Wildman–Crippen LogP) is 7.94. The first-order valence-electron chi connectivity index (χ1n) is 9.01. The smallest absolute Gasteiger partial charge is 0.145 e. The number of aromatic nitrogens is 1. The van der Waals surface area contributed by atoms with Crippen LogP contribution in [0.15, 0.2) is 83.3 Å². The van der Waals surface area contributed by atoms with Crippen LogP contribution in [0.2, 0.25) is 5.02 Å². The Morgan fingerprint density at radius 1 is 0.750 bits per heavy atom. The lowest BCUT2D eigenvalue weighted by atomic mass is 10.1. The fourth-order valence-corrected chi connectivity index (χ4v) is 5.27. The molecule has 0 saturated carbocycles. The lowest BCUT2D eigenvalue weighted by Gasteiger charge is -2.10. The molecule has 0 atom stereocenters. The van der Waals surface area contributed by atoms with Gasteiger partial charge in [0.25, 0.3) is 0 Å². The Bertz CT molecular complexity index is 1540. The lowest BCUT2D eigenvalue weighted by Crippen LogP contribution is -1.96. The number of fused-ring (bicyclic) bond motifs is 7. The topological polar surface area (TPSA) is 18.1 Å². The van der Waals surface area contributed by atoms with Crippen molar-refractivity contribution in [2.45, 2.75) is 0 Å². The zero-order chi connectivity index (χ0) is 18.8. The van der Waals surface area contributed by atoms with Crippen molar-refractivity contribution >= 4 is 77.9 Å². The molecule has 0 radical (unpaired) electrons. The molecule has 0 aliphatic carbocycles. The Labute approximate surface area is 179 Å². The summed E-state index contributed by atoms with van der Waals surface area (Å²) in [5, 5.41) is 5.38.